The van der Waals surface area contributed by atoms with Crippen LogP contribution in [0.2, 0.25) is 0 Å². The van der Waals surface area contributed by atoms with Gasteiger partial charge in [-0.2, -0.15) is 0 Å². The number of Topliss-reactive ketones (excluding diaryl/α,β-unsaturated/α-hetero) is 1. The van der Waals surface area contributed by atoms with Gasteiger partial charge in [-0.15, -0.1) is 0 Å². The summed E-state index contributed by atoms with van der Waals surface area (Å²) in [5.41, 5.74) is -1.72. The number of hydrogen-bond acceptors (Lipinski definition) is 5. The first-order valence-electron chi connectivity index (χ1n) is 10.2. The maximum absolute atomic E-state index is 13.6. The Morgan fingerprint density at radius 2 is 1.93 bits per heavy atom. The van der Waals surface area contributed by atoms with Crippen molar-refractivity contribution in [1.82, 2.24) is 0 Å². The number of rotatable bonds is 3. The Hall–Kier alpha value is -1.98. The van der Waals surface area contributed by atoms with Gasteiger partial charge in [0.25, 0.3) is 0 Å². The summed E-state index contributed by atoms with van der Waals surface area (Å²) in [5, 5.41) is 9.97. The van der Waals surface area contributed by atoms with Crippen molar-refractivity contribution >= 4 is 24.0 Å². The van der Waals surface area contributed by atoms with Crippen LogP contribution in [0.1, 0.15) is 59.3 Å². The zero-order valence-corrected chi connectivity index (χ0v) is 16.7. The van der Waals surface area contributed by atoms with Crippen molar-refractivity contribution in [3.8, 4) is 0 Å². The fourth-order valence-electron chi connectivity index (χ4n) is 7.37. The van der Waals surface area contributed by atoms with E-state index in [1.54, 1.807) is 13.0 Å². The molecule has 4 aliphatic rings. The number of aldehydes is 1. The summed E-state index contributed by atoms with van der Waals surface area (Å²) in [6, 6.07) is 0. The highest BCUT2D eigenvalue weighted by atomic mass is 16.5. The van der Waals surface area contributed by atoms with Crippen molar-refractivity contribution in [1.29, 1.82) is 0 Å². The van der Waals surface area contributed by atoms with E-state index in [1.165, 1.54) is 6.92 Å². The van der Waals surface area contributed by atoms with Crippen molar-refractivity contribution in [2.24, 2.45) is 34.0 Å². The molecule has 0 radical (unpaired) electrons. The van der Waals surface area contributed by atoms with Gasteiger partial charge in [0.1, 0.15) is 18.2 Å². The number of carboxylic acids is 1. The molecule has 0 amide bonds. The number of hydrogen-bond donors (Lipinski definition) is 1. The minimum atomic E-state index is -0.993. The highest BCUT2D eigenvalue weighted by Gasteiger charge is 2.71. The standard InChI is InChI=1S/C22H28O6/c1-12(24)28-18-14-5-6-15-20(2)7-4-8-21(3,19(26)27)16(20)9-17(25)22(15,18)10-13(14)11-23/h10-11,14-16,18H,4-9H2,1-3H3,(H,26,27). The molecule has 152 valence electrons. The van der Waals surface area contributed by atoms with E-state index in [0.717, 1.165) is 25.5 Å². The number of aliphatic carboxylic acids is 1. The Balaban J connectivity index is 1.87. The molecule has 1 N–H and O–H groups in total. The number of carbonyl (C=O) groups excluding carboxylic acids is 3. The SMILES string of the molecule is CC(=O)OC1C2CCC3C4(C)CCCC(C)(C(=O)O)C4CC(=O)C13C=C2C=O. The molecule has 2 bridgehead atoms. The first-order chi connectivity index (χ1) is 13.1. The first-order valence-corrected chi connectivity index (χ1v) is 10.2. The molecule has 0 aliphatic heterocycles. The van der Waals surface area contributed by atoms with Crippen LogP contribution in [0.5, 0.6) is 0 Å². The third-order valence-electron chi connectivity index (χ3n) is 8.58. The average Bonchev–Trinajstić information content (AvgIpc) is 2.80. The zero-order chi connectivity index (χ0) is 20.5. The molecule has 3 saturated carbocycles. The third kappa shape index (κ3) is 2.20. The summed E-state index contributed by atoms with van der Waals surface area (Å²) in [6.45, 7) is 5.23. The highest BCUT2D eigenvalue weighted by molar-refractivity contribution is 5.94. The van der Waals surface area contributed by atoms with E-state index < -0.39 is 28.9 Å². The molecule has 7 unspecified atom stereocenters. The molecular weight excluding hydrogens is 360 g/mol. The van der Waals surface area contributed by atoms with E-state index in [-0.39, 0.29) is 35.4 Å². The van der Waals surface area contributed by atoms with Crippen LogP contribution in [0, 0.1) is 34.0 Å². The van der Waals surface area contributed by atoms with E-state index in [2.05, 4.69) is 6.92 Å². The Kier molecular flexibility index (Phi) is 4.15. The van der Waals surface area contributed by atoms with Gasteiger partial charge in [-0.3, -0.25) is 19.2 Å². The van der Waals surface area contributed by atoms with Crippen LogP contribution >= 0.6 is 0 Å². The Labute approximate surface area is 164 Å². The molecular formula is C22H28O6. The van der Waals surface area contributed by atoms with Crippen molar-refractivity contribution in [2.75, 3.05) is 0 Å². The predicted molar refractivity (Wildman–Crippen MR) is 99.2 cm³/mol. The predicted octanol–water partition coefficient (Wildman–Crippen LogP) is 2.94. The lowest BCUT2D eigenvalue weighted by molar-refractivity contribution is -0.199. The van der Waals surface area contributed by atoms with Gasteiger partial charge in [-0.1, -0.05) is 19.4 Å². The summed E-state index contributed by atoms with van der Waals surface area (Å²) in [4.78, 5) is 49.3. The molecule has 3 fully saturated rings. The number of esters is 1. The summed E-state index contributed by atoms with van der Waals surface area (Å²) in [5.74, 6) is -1.97. The second-order valence-electron chi connectivity index (χ2n) is 9.72. The molecule has 0 aromatic rings. The summed E-state index contributed by atoms with van der Waals surface area (Å²) in [6.07, 6.45) is 5.72. The quantitative estimate of drug-likeness (QED) is 0.590. The monoisotopic (exact) mass is 388 g/mol. The van der Waals surface area contributed by atoms with Crippen LogP contribution in [-0.2, 0) is 23.9 Å². The van der Waals surface area contributed by atoms with Gasteiger partial charge in [0.15, 0.2) is 0 Å². The molecule has 6 nitrogen and oxygen atoms in total. The molecule has 7 atom stereocenters. The largest absolute Gasteiger partial charge is 0.481 e. The smallest absolute Gasteiger partial charge is 0.309 e. The van der Waals surface area contributed by atoms with Gasteiger partial charge in [0, 0.05) is 19.3 Å². The molecule has 0 saturated heterocycles. The van der Waals surface area contributed by atoms with Crippen LogP contribution < -0.4 is 0 Å². The van der Waals surface area contributed by atoms with E-state index in [1.807, 2.05) is 0 Å². The van der Waals surface area contributed by atoms with Crippen molar-refractivity contribution in [3.63, 3.8) is 0 Å². The molecule has 4 rings (SSSR count). The van der Waals surface area contributed by atoms with E-state index >= 15 is 0 Å². The molecule has 6 heteroatoms. The fraction of sp³-hybridized carbons (Fsp3) is 0.727. The third-order valence-corrected chi connectivity index (χ3v) is 8.58. The normalized spacial score (nSPS) is 46.8. The van der Waals surface area contributed by atoms with Crippen LogP contribution in [0.25, 0.3) is 0 Å². The Morgan fingerprint density at radius 3 is 2.54 bits per heavy atom. The average molecular weight is 388 g/mol. The minimum absolute atomic E-state index is 0.0675. The minimum Gasteiger partial charge on any atom is -0.481 e. The maximum Gasteiger partial charge on any atom is 0.309 e. The Bertz CT molecular complexity index is 799. The molecule has 28 heavy (non-hydrogen) atoms. The van der Waals surface area contributed by atoms with Gasteiger partial charge in [-0.05, 0) is 55.4 Å². The lowest BCUT2D eigenvalue weighted by atomic mass is 9.40. The van der Waals surface area contributed by atoms with Crippen molar-refractivity contribution in [2.45, 2.75) is 65.4 Å². The molecule has 1 spiro atoms. The first kappa shape index (κ1) is 19.3. The van der Waals surface area contributed by atoms with Crippen LogP contribution in [0.15, 0.2) is 11.6 Å². The second-order valence-corrected chi connectivity index (χ2v) is 9.72. The van der Waals surface area contributed by atoms with E-state index in [9.17, 15) is 24.3 Å². The highest BCUT2D eigenvalue weighted by Crippen LogP contribution is 2.70. The zero-order valence-electron chi connectivity index (χ0n) is 16.7. The molecule has 4 aliphatic carbocycles. The Morgan fingerprint density at radius 1 is 1.21 bits per heavy atom. The summed E-state index contributed by atoms with van der Waals surface area (Å²) < 4.78 is 5.68. The van der Waals surface area contributed by atoms with Gasteiger partial charge >= 0.3 is 11.9 Å². The van der Waals surface area contributed by atoms with Crippen LogP contribution in [0.4, 0.5) is 0 Å². The van der Waals surface area contributed by atoms with E-state index in [0.29, 0.717) is 18.4 Å². The molecule has 0 heterocycles. The van der Waals surface area contributed by atoms with Crippen molar-refractivity contribution in [3.05, 3.63) is 11.6 Å². The van der Waals surface area contributed by atoms with Crippen LogP contribution in [-0.4, -0.2) is 35.2 Å². The second kappa shape index (κ2) is 6.01. The summed E-state index contributed by atoms with van der Waals surface area (Å²) in [7, 11) is 0. The summed E-state index contributed by atoms with van der Waals surface area (Å²) >= 11 is 0. The van der Waals surface area contributed by atoms with E-state index in [4.69, 9.17) is 4.74 Å². The van der Waals surface area contributed by atoms with Gasteiger partial charge in [-0.25, -0.2) is 0 Å². The lowest BCUT2D eigenvalue weighted by Crippen LogP contribution is -2.65. The number of fused-ring (bicyclic) bond motifs is 3. The van der Waals surface area contributed by atoms with Gasteiger partial charge in [0.05, 0.1) is 10.8 Å². The number of carbonyl (C=O) groups is 4. The van der Waals surface area contributed by atoms with Gasteiger partial charge in [0.2, 0.25) is 0 Å². The number of ether oxygens (including phenoxy) is 1. The fourth-order valence-corrected chi connectivity index (χ4v) is 7.37. The van der Waals surface area contributed by atoms with Gasteiger partial charge < -0.3 is 9.84 Å². The maximum atomic E-state index is 13.6. The topological polar surface area (TPSA) is 97.7 Å². The number of carboxylic acid groups (broad SMARTS) is 1. The number of ketones is 1. The molecule has 0 aromatic carbocycles. The van der Waals surface area contributed by atoms with Crippen molar-refractivity contribution < 1.29 is 29.0 Å². The lowest BCUT2D eigenvalue weighted by Gasteiger charge is -2.63. The molecule has 0 aromatic heterocycles. The van der Waals surface area contributed by atoms with Crippen LogP contribution in [0.3, 0.4) is 0 Å².